The molecule has 0 unspecified atom stereocenters. The van der Waals surface area contributed by atoms with E-state index in [1.165, 1.54) is 6.42 Å². The molecule has 1 aliphatic rings. The zero-order valence-electron chi connectivity index (χ0n) is 9.94. The molecule has 3 heteroatoms. The van der Waals surface area contributed by atoms with Crippen molar-refractivity contribution < 1.29 is 4.79 Å². The Morgan fingerprint density at radius 3 is 2.75 bits per heavy atom. The molecular weight excluding hydrogens is 200 g/mol. The number of hydrogen-bond acceptors (Lipinski definition) is 3. The molecule has 16 heavy (non-hydrogen) atoms. The van der Waals surface area contributed by atoms with Gasteiger partial charge in [0.1, 0.15) is 5.69 Å². The molecule has 0 aliphatic carbocycles. The zero-order chi connectivity index (χ0) is 11.5. The highest BCUT2D eigenvalue weighted by molar-refractivity contribution is 5.95. The Kier molecular flexibility index (Phi) is 3.34. The molecule has 1 aromatic rings. The minimum absolute atomic E-state index is 0.0201. The van der Waals surface area contributed by atoms with Crippen LogP contribution < -0.4 is 0 Å². The van der Waals surface area contributed by atoms with Crippen LogP contribution >= 0.6 is 0 Å². The van der Waals surface area contributed by atoms with Crippen molar-refractivity contribution in [3.8, 4) is 0 Å². The number of hydrogen-bond donors (Lipinski definition) is 0. The molecule has 2 rings (SSSR count). The van der Waals surface area contributed by atoms with E-state index in [0.29, 0.717) is 5.69 Å². The lowest BCUT2D eigenvalue weighted by Gasteiger charge is -2.30. The first-order valence-electron chi connectivity index (χ1n) is 5.89. The van der Waals surface area contributed by atoms with Crippen LogP contribution in [-0.2, 0) is 6.54 Å². The highest BCUT2D eigenvalue weighted by Gasteiger charge is 2.16. The summed E-state index contributed by atoms with van der Waals surface area (Å²) in [5.41, 5.74) is 1.61. The maximum absolute atomic E-state index is 11.8. The number of Topliss-reactive ketones (excluding diaryl/α,β-unsaturated/α-hetero) is 1. The van der Waals surface area contributed by atoms with E-state index in [4.69, 9.17) is 0 Å². The Labute approximate surface area is 96.5 Å². The lowest BCUT2D eigenvalue weighted by Crippen LogP contribution is -2.36. The molecule has 1 aromatic heterocycles. The molecule has 0 N–H and O–H groups in total. The van der Waals surface area contributed by atoms with Gasteiger partial charge in [-0.1, -0.05) is 19.9 Å². The SMILES string of the molecule is CC(C)C(=O)c1cccc(CN2CCC2)n1. The maximum Gasteiger partial charge on any atom is 0.183 e. The second-order valence-electron chi connectivity index (χ2n) is 4.66. The number of nitrogens with zero attached hydrogens (tertiary/aromatic N) is 2. The average molecular weight is 218 g/mol. The predicted octanol–water partition coefficient (Wildman–Crippen LogP) is 2.13. The van der Waals surface area contributed by atoms with Crippen LogP contribution in [0.5, 0.6) is 0 Å². The normalized spacial score (nSPS) is 16.2. The standard InChI is InChI=1S/C13H18N2O/c1-10(2)13(16)12-6-3-5-11(14-12)9-15-7-4-8-15/h3,5-6,10H,4,7-9H2,1-2H3. The summed E-state index contributed by atoms with van der Waals surface area (Å²) < 4.78 is 0. The van der Waals surface area contributed by atoms with Crippen LogP contribution in [0.2, 0.25) is 0 Å². The van der Waals surface area contributed by atoms with Gasteiger partial charge in [0.2, 0.25) is 0 Å². The quantitative estimate of drug-likeness (QED) is 0.726. The molecule has 2 heterocycles. The Hall–Kier alpha value is -1.22. The number of carbonyl (C=O) groups is 1. The van der Waals surface area contributed by atoms with Crippen molar-refractivity contribution >= 4 is 5.78 Å². The van der Waals surface area contributed by atoms with Crippen LogP contribution in [0, 0.1) is 5.92 Å². The third-order valence-electron chi connectivity index (χ3n) is 2.92. The first-order valence-corrected chi connectivity index (χ1v) is 5.89. The van der Waals surface area contributed by atoms with Crippen molar-refractivity contribution in [1.29, 1.82) is 0 Å². The second kappa shape index (κ2) is 4.74. The van der Waals surface area contributed by atoms with Crippen molar-refractivity contribution in [2.75, 3.05) is 13.1 Å². The number of carbonyl (C=O) groups excluding carboxylic acids is 1. The van der Waals surface area contributed by atoms with Crippen molar-refractivity contribution in [3.63, 3.8) is 0 Å². The monoisotopic (exact) mass is 218 g/mol. The van der Waals surface area contributed by atoms with E-state index in [-0.39, 0.29) is 11.7 Å². The topological polar surface area (TPSA) is 33.2 Å². The van der Waals surface area contributed by atoms with E-state index in [2.05, 4.69) is 9.88 Å². The molecular formula is C13H18N2O. The fourth-order valence-electron chi connectivity index (χ4n) is 1.77. The lowest BCUT2D eigenvalue weighted by molar-refractivity contribution is 0.0933. The predicted molar refractivity (Wildman–Crippen MR) is 63.3 cm³/mol. The molecule has 0 spiro atoms. The maximum atomic E-state index is 11.8. The van der Waals surface area contributed by atoms with E-state index >= 15 is 0 Å². The second-order valence-corrected chi connectivity index (χ2v) is 4.66. The number of likely N-dealkylation sites (tertiary alicyclic amines) is 1. The highest BCUT2D eigenvalue weighted by Crippen LogP contribution is 2.12. The molecule has 0 atom stereocenters. The van der Waals surface area contributed by atoms with Crippen LogP contribution in [0.3, 0.4) is 0 Å². The summed E-state index contributed by atoms with van der Waals surface area (Å²) >= 11 is 0. The third-order valence-corrected chi connectivity index (χ3v) is 2.92. The average Bonchev–Trinajstić information content (AvgIpc) is 2.23. The van der Waals surface area contributed by atoms with Gasteiger partial charge < -0.3 is 0 Å². The van der Waals surface area contributed by atoms with Crippen molar-refractivity contribution in [2.45, 2.75) is 26.8 Å². The number of pyridine rings is 1. The third kappa shape index (κ3) is 2.47. The largest absolute Gasteiger partial charge is 0.297 e. The molecule has 0 saturated carbocycles. The van der Waals surface area contributed by atoms with Crippen molar-refractivity contribution in [2.24, 2.45) is 5.92 Å². The zero-order valence-corrected chi connectivity index (χ0v) is 9.94. The molecule has 1 saturated heterocycles. The van der Waals surface area contributed by atoms with Gasteiger partial charge in [-0.3, -0.25) is 9.69 Å². The Bertz CT molecular complexity index is 383. The molecule has 0 bridgehead atoms. The van der Waals surface area contributed by atoms with Gasteiger partial charge in [0.25, 0.3) is 0 Å². The van der Waals surface area contributed by atoms with Crippen molar-refractivity contribution in [3.05, 3.63) is 29.6 Å². The van der Waals surface area contributed by atoms with E-state index in [1.54, 1.807) is 0 Å². The van der Waals surface area contributed by atoms with Crippen molar-refractivity contribution in [1.82, 2.24) is 9.88 Å². The van der Waals surface area contributed by atoms with Gasteiger partial charge in [0.05, 0.1) is 5.69 Å². The minimum Gasteiger partial charge on any atom is -0.297 e. The molecule has 0 amide bonds. The first kappa shape index (κ1) is 11.3. The van der Waals surface area contributed by atoms with Gasteiger partial charge in [0.15, 0.2) is 5.78 Å². The van der Waals surface area contributed by atoms with Gasteiger partial charge in [-0.2, -0.15) is 0 Å². The Morgan fingerprint density at radius 1 is 1.44 bits per heavy atom. The van der Waals surface area contributed by atoms with E-state index in [1.807, 2.05) is 32.0 Å². The molecule has 86 valence electrons. The molecule has 0 aromatic carbocycles. The summed E-state index contributed by atoms with van der Waals surface area (Å²) in [5, 5.41) is 0. The highest BCUT2D eigenvalue weighted by atomic mass is 16.1. The first-order chi connectivity index (χ1) is 7.66. The van der Waals surface area contributed by atoms with Gasteiger partial charge in [-0.25, -0.2) is 4.98 Å². The van der Waals surface area contributed by atoms with E-state index in [9.17, 15) is 4.79 Å². The summed E-state index contributed by atoms with van der Waals surface area (Å²) in [4.78, 5) is 18.6. The Balaban J connectivity index is 2.09. The summed E-state index contributed by atoms with van der Waals surface area (Å²) in [6.07, 6.45) is 1.28. The van der Waals surface area contributed by atoms with Gasteiger partial charge in [-0.15, -0.1) is 0 Å². The molecule has 1 aliphatic heterocycles. The number of rotatable bonds is 4. The summed E-state index contributed by atoms with van der Waals surface area (Å²) in [5.74, 6) is 0.150. The van der Waals surface area contributed by atoms with Gasteiger partial charge in [0, 0.05) is 12.5 Å². The smallest absolute Gasteiger partial charge is 0.183 e. The number of aromatic nitrogens is 1. The summed E-state index contributed by atoms with van der Waals surface area (Å²) in [6, 6.07) is 5.73. The van der Waals surface area contributed by atoms with Crippen LogP contribution in [0.15, 0.2) is 18.2 Å². The fourth-order valence-corrected chi connectivity index (χ4v) is 1.77. The molecule has 1 fully saturated rings. The Morgan fingerprint density at radius 2 is 2.19 bits per heavy atom. The van der Waals surface area contributed by atoms with Crippen LogP contribution in [0.4, 0.5) is 0 Å². The molecule has 3 nitrogen and oxygen atoms in total. The van der Waals surface area contributed by atoms with Crippen LogP contribution in [0.25, 0.3) is 0 Å². The van der Waals surface area contributed by atoms with Gasteiger partial charge in [-0.05, 0) is 31.6 Å². The number of ketones is 1. The fraction of sp³-hybridized carbons (Fsp3) is 0.538. The molecule has 0 radical (unpaired) electrons. The summed E-state index contributed by atoms with van der Waals surface area (Å²) in [6.45, 7) is 7.01. The van der Waals surface area contributed by atoms with E-state index < -0.39 is 0 Å². The van der Waals surface area contributed by atoms with Crippen LogP contribution in [-0.4, -0.2) is 28.8 Å². The van der Waals surface area contributed by atoms with E-state index in [0.717, 1.165) is 25.3 Å². The lowest BCUT2D eigenvalue weighted by atomic mass is 10.1. The minimum atomic E-state index is 0.0201. The van der Waals surface area contributed by atoms with Crippen LogP contribution in [0.1, 0.15) is 36.5 Å². The van der Waals surface area contributed by atoms with Gasteiger partial charge >= 0.3 is 0 Å². The summed E-state index contributed by atoms with van der Waals surface area (Å²) in [7, 11) is 0.